The van der Waals surface area contributed by atoms with Gasteiger partial charge in [-0.1, -0.05) is 12.2 Å². The summed E-state index contributed by atoms with van der Waals surface area (Å²) in [5, 5.41) is 0. The second-order valence-electron chi connectivity index (χ2n) is 7.12. The summed E-state index contributed by atoms with van der Waals surface area (Å²) < 4.78 is 5.63. The van der Waals surface area contributed by atoms with Crippen LogP contribution in [0.1, 0.15) is 48.9 Å². The Bertz CT molecular complexity index is 653. The maximum Gasteiger partial charge on any atom is 0.248 e. The van der Waals surface area contributed by atoms with Gasteiger partial charge in [-0.2, -0.15) is 0 Å². The lowest BCUT2D eigenvalue weighted by molar-refractivity contribution is -0.135. The molecule has 1 aliphatic carbocycles. The van der Waals surface area contributed by atoms with Crippen molar-refractivity contribution >= 4 is 11.8 Å². The summed E-state index contributed by atoms with van der Waals surface area (Å²) in [5.74, 6) is 0.353. The zero-order chi connectivity index (χ0) is 17.7. The number of benzene rings is 1. The monoisotopic (exact) mass is 342 g/mol. The third-order valence-electron chi connectivity index (χ3n) is 5.30. The van der Waals surface area contributed by atoms with Crippen LogP contribution in [0.25, 0.3) is 0 Å². The third-order valence-corrected chi connectivity index (χ3v) is 5.30. The Balaban J connectivity index is 1.47. The summed E-state index contributed by atoms with van der Waals surface area (Å²) in [6.45, 7) is 2.08. The Morgan fingerprint density at radius 3 is 2.64 bits per heavy atom. The van der Waals surface area contributed by atoms with Crippen LogP contribution < -0.4 is 10.5 Å². The number of rotatable bonds is 5. The van der Waals surface area contributed by atoms with Crippen molar-refractivity contribution in [2.75, 3.05) is 19.7 Å². The number of ether oxygens (including phenoxy) is 1. The second-order valence-corrected chi connectivity index (χ2v) is 7.12. The molecule has 1 spiro atoms. The van der Waals surface area contributed by atoms with Crippen LogP contribution in [0.15, 0.2) is 36.4 Å². The zero-order valence-corrected chi connectivity index (χ0v) is 14.6. The summed E-state index contributed by atoms with van der Waals surface area (Å²) in [5.41, 5.74) is 5.96. The van der Waals surface area contributed by atoms with Crippen LogP contribution in [0.3, 0.4) is 0 Å². The Morgan fingerprint density at radius 2 is 1.96 bits per heavy atom. The molecule has 2 amide bonds. The molecular weight excluding hydrogens is 316 g/mol. The average Bonchev–Trinajstić information content (AvgIpc) is 2.63. The normalized spacial score (nSPS) is 22.8. The predicted molar refractivity (Wildman–Crippen MR) is 96.3 cm³/mol. The summed E-state index contributed by atoms with van der Waals surface area (Å²) in [6, 6.07) is 6.67. The quantitative estimate of drug-likeness (QED) is 0.836. The fourth-order valence-electron chi connectivity index (χ4n) is 3.86. The smallest absolute Gasteiger partial charge is 0.248 e. The van der Waals surface area contributed by atoms with Crippen molar-refractivity contribution < 1.29 is 14.3 Å². The van der Waals surface area contributed by atoms with E-state index in [1.165, 1.54) is 12.8 Å². The van der Waals surface area contributed by atoms with Gasteiger partial charge in [-0.15, -0.1) is 0 Å². The number of primary amides is 1. The van der Waals surface area contributed by atoms with E-state index in [2.05, 4.69) is 12.2 Å². The maximum atomic E-state index is 12.5. The molecule has 0 unspecified atom stereocenters. The van der Waals surface area contributed by atoms with Gasteiger partial charge in [0.2, 0.25) is 11.8 Å². The summed E-state index contributed by atoms with van der Waals surface area (Å²) in [7, 11) is 0. The van der Waals surface area contributed by atoms with Gasteiger partial charge in [-0.25, -0.2) is 0 Å². The largest absolute Gasteiger partial charge is 0.493 e. The van der Waals surface area contributed by atoms with Gasteiger partial charge in [0.1, 0.15) is 5.75 Å². The highest BCUT2D eigenvalue weighted by molar-refractivity contribution is 5.92. The molecule has 2 aliphatic rings. The average molecular weight is 342 g/mol. The van der Waals surface area contributed by atoms with Crippen LogP contribution >= 0.6 is 0 Å². The van der Waals surface area contributed by atoms with E-state index in [4.69, 9.17) is 10.5 Å². The Kier molecular flexibility index (Phi) is 5.41. The van der Waals surface area contributed by atoms with Crippen LogP contribution in [-0.2, 0) is 4.79 Å². The topological polar surface area (TPSA) is 72.6 Å². The number of nitrogens with two attached hydrogens (primary N) is 1. The van der Waals surface area contributed by atoms with E-state index in [1.807, 2.05) is 4.90 Å². The van der Waals surface area contributed by atoms with Crippen LogP contribution in [0.5, 0.6) is 5.75 Å². The molecule has 25 heavy (non-hydrogen) atoms. The molecule has 1 aromatic rings. The molecule has 3 rings (SSSR count). The van der Waals surface area contributed by atoms with E-state index in [9.17, 15) is 9.59 Å². The molecular formula is C20H26N2O3. The number of nitrogens with zero attached hydrogens (tertiary/aromatic N) is 1. The van der Waals surface area contributed by atoms with Gasteiger partial charge in [-0.05, 0) is 61.8 Å². The number of carbonyl (C=O) groups excluding carboxylic acids is 2. The van der Waals surface area contributed by atoms with Gasteiger partial charge >= 0.3 is 0 Å². The highest BCUT2D eigenvalue weighted by atomic mass is 16.5. The maximum absolute atomic E-state index is 12.5. The van der Waals surface area contributed by atoms with Crippen molar-refractivity contribution in [1.82, 2.24) is 4.90 Å². The predicted octanol–water partition coefficient (Wildman–Crippen LogP) is 2.90. The van der Waals surface area contributed by atoms with Crippen molar-refractivity contribution in [3.05, 3.63) is 42.0 Å². The van der Waals surface area contributed by atoms with Gasteiger partial charge < -0.3 is 15.4 Å². The van der Waals surface area contributed by atoms with E-state index in [0.29, 0.717) is 29.8 Å². The second kappa shape index (κ2) is 7.72. The van der Waals surface area contributed by atoms with Gasteiger partial charge in [0, 0.05) is 18.7 Å². The van der Waals surface area contributed by atoms with Crippen molar-refractivity contribution in [1.29, 1.82) is 0 Å². The van der Waals surface area contributed by atoms with Crippen LogP contribution in [0, 0.1) is 5.41 Å². The highest BCUT2D eigenvalue weighted by Gasteiger charge is 2.36. The number of amides is 2. The van der Waals surface area contributed by atoms with Crippen LogP contribution in [-0.4, -0.2) is 36.4 Å². The molecule has 1 saturated heterocycles. The lowest BCUT2D eigenvalue weighted by Gasteiger charge is -2.44. The summed E-state index contributed by atoms with van der Waals surface area (Å²) >= 11 is 0. The molecule has 1 aromatic carbocycles. The first-order chi connectivity index (χ1) is 12.1. The van der Waals surface area contributed by atoms with Crippen molar-refractivity contribution in [2.45, 2.75) is 38.5 Å². The van der Waals surface area contributed by atoms with E-state index in [-0.39, 0.29) is 5.91 Å². The van der Waals surface area contributed by atoms with E-state index in [0.717, 1.165) is 32.4 Å². The third kappa shape index (κ3) is 4.41. The molecule has 1 fully saturated rings. The summed E-state index contributed by atoms with van der Waals surface area (Å²) in [6.07, 6.45) is 10.6. The Labute approximate surface area is 148 Å². The first-order valence-electron chi connectivity index (χ1n) is 9.03. The molecule has 1 aliphatic heterocycles. The Hall–Kier alpha value is -2.30. The van der Waals surface area contributed by atoms with Crippen LogP contribution in [0.2, 0.25) is 0 Å². The summed E-state index contributed by atoms with van der Waals surface area (Å²) in [4.78, 5) is 25.6. The fraction of sp³-hybridized carbons (Fsp3) is 0.500. The van der Waals surface area contributed by atoms with Gasteiger partial charge in [0.05, 0.1) is 13.0 Å². The van der Waals surface area contributed by atoms with Crippen LogP contribution in [0.4, 0.5) is 0 Å². The molecule has 5 nitrogen and oxygen atoms in total. The standard InChI is InChI=1S/C20H26N2O3/c21-19(24)16-5-7-17(8-6-16)25-14-9-18(23)22-13-4-12-20(15-22)10-2-1-3-11-20/h1-2,5-8H,3-4,9-15H2,(H2,21,24)/t20-/m1/s1. The molecule has 134 valence electrons. The molecule has 0 bridgehead atoms. The van der Waals surface area contributed by atoms with E-state index >= 15 is 0 Å². The minimum atomic E-state index is -0.460. The molecule has 1 heterocycles. The minimum absolute atomic E-state index is 0.169. The number of carbonyl (C=O) groups is 2. The molecule has 0 radical (unpaired) electrons. The minimum Gasteiger partial charge on any atom is -0.493 e. The van der Waals surface area contributed by atoms with Crippen molar-refractivity contribution in [3.8, 4) is 5.75 Å². The van der Waals surface area contributed by atoms with E-state index in [1.54, 1.807) is 24.3 Å². The molecule has 0 saturated carbocycles. The molecule has 0 aromatic heterocycles. The van der Waals surface area contributed by atoms with E-state index < -0.39 is 5.91 Å². The number of likely N-dealkylation sites (tertiary alicyclic amines) is 1. The van der Waals surface area contributed by atoms with Gasteiger partial charge in [-0.3, -0.25) is 9.59 Å². The first-order valence-corrected chi connectivity index (χ1v) is 9.03. The highest BCUT2D eigenvalue weighted by Crippen LogP contribution is 2.40. The molecule has 5 heteroatoms. The lowest BCUT2D eigenvalue weighted by atomic mass is 9.71. The van der Waals surface area contributed by atoms with Crippen molar-refractivity contribution in [2.24, 2.45) is 11.1 Å². The molecule has 1 atom stereocenters. The SMILES string of the molecule is NC(=O)c1ccc(OCCC(=O)N2CCC[C@]3(CC=CCC3)C2)cc1. The van der Waals surface area contributed by atoms with Gasteiger partial charge in [0.25, 0.3) is 0 Å². The zero-order valence-electron chi connectivity index (χ0n) is 14.6. The number of allylic oxidation sites excluding steroid dienone is 2. The lowest BCUT2D eigenvalue weighted by Crippen LogP contribution is -2.46. The first kappa shape index (κ1) is 17.5. The fourth-order valence-corrected chi connectivity index (χ4v) is 3.86. The van der Waals surface area contributed by atoms with Gasteiger partial charge in [0.15, 0.2) is 0 Å². The number of piperidine rings is 1. The van der Waals surface area contributed by atoms with Crippen molar-refractivity contribution in [3.63, 3.8) is 0 Å². The Morgan fingerprint density at radius 1 is 1.16 bits per heavy atom. The number of hydrogen-bond acceptors (Lipinski definition) is 3. The molecule has 2 N–H and O–H groups in total. The number of hydrogen-bond donors (Lipinski definition) is 1.